The first kappa shape index (κ1) is 35.4. The molecule has 1 amide bonds. The van der Waals surface area contributed by atoms with E-state index >= 15 is 0 Å². The average Bonchev–Trinajstić information content (AvgIpc) is 3.31. The van der Waals surface area contributed by atoms with Crippen molar-refractivity contribution < 1.29 is 40.3 Å². The number of sulfone groups is 1. The van der Waals surface area contributed by atoms with Crippen LogP contribution in [-0.2, 0) is 29.0 Å². The number of alkyl halides is 4. The maximum Gasteiger partial charge on any atom is 0.416 e. The number of benzene rings is 3. The number of aliphatic hydroxyl groups is 1. The van der Waals surface area contributed by atoms with E-state index in [-0.39, 0.29) is 29.0 Å². The standard InChI is InChI=1S/C29H32B5F5N2O4S/c30-28(31,32)29(33,34)46(44,45)22-6-2-16(3-7-22)24(15-42)40-26(43)18-4-8-25-19(11-18)13-21(41(25)10-9-35)12-17-1-5-20(36)14-23(17)27(37,38)39/h1-8,11,13-14,24,42H,9-10,12,15,30-34H2,(H,40,43)/t24-/m0/s1. The van der Waals surface area contributed by atoms with Crippen molar-refractivity contribution in [1.82, 2.24) is 9.88 Å². The molecule has 3 aromatic carbocycles. The van der Waals surface area contributed by atoms with E-state index in [1.807, 2.05) is 23.5 Å². The van der Waals surface area contributed by atoms with Crippen LogP contribution in [0.15, 0.2) is 71.6 Å². The Balaban J connectivity index is 1.60. The van der Waals surface area contributed by atoms with Gasteiger partial charge in [0.15, 0.2) is 9.84 Å². The Morgan fingerprint density at radius 2 is 1.59 bits per heavy atom. The molecule has 0 spiro atoms. The third-order valence-corrected chi connectivity index (χ3v) is 11.7. The van der Waals surface area contributed by atoms with Crippen LogP contribution in [0.5, 0.6) is 0 Å². The summed E-state index contributed by atoms with van der Waals surface area (Å²) in [6, 6.07) is 13.6. The molecule has 46 heavy (non-hydrogen) atoms. The van der Waals surface area contributed by atoms with Crippen molar-refractivity contribution in [1.29, 1.82) is 0 Å². The van der Waals surface area contributed by atoms with E-state index in [9.17, 15) is 40.3 Å². The molecule has 4 rings (SSSR count). The predicted octanol–water partition coefficient (Wildman–Crippen LogP) is 0.490. The summed E-state index contributed by atoms with van der Waals surface area (Å²) in [5, 5.41) is 12.7. The number of aromatic nitrogens is 1. The molecule has 17 heteroatoms. The minimum absolute atomic E-state index is 0.112. The second kappa shape index (κ2) is 13.0. The first-order valence-electron chi connectivity index (χ1n) is 14.6. The minimum atomic E-state index is -4.79. The lowest BCUT2D eigenvalue weighted by molar-refractivity contribution is -0.138. The number of rotatable bonds is 11. The van der Waals surface area contributed by atoms with E-state index in [0.29, 0.717) is 28.2 Å². The van der Waals surface area contributed by atoms with Crippen LogP contribution in [0.1, 0.15) is 38.8 Å². The number of carbonyl (C=O) groups excluding carboxylic acids is 1. The molecule has 0 aliphatic rings. The Morgan fingerprint density at radius 3 is 2.15 bits per heavy atom. The van der Waals surface area contributed by atoms with Crippen molar-refractivity contribution in [2.45, 2.75) is 39.7 Å². The summed E-state index contributed by atoms with van der Waals surface area (Å²) in [4.78, 5) is 13.4. The van der Waals surface area contributed by atoms with Crippen LogP contribution in [0.2, 0.25) is 5.11 Å². The molecule has 6 nitrogen and oxygen atoms in total. The molecule has 0 saturated carbocycles. The highest BCUT2D eigenvalue weighted by Crippen LogP contribution is 2.36. The maximum absolute atomic E-state index is 13.6. The van der Waals surface area contributed by atoms with E-state index in [4.69, 9.17) is 0 Å². The van der Waals surface area contributed by atoms with Crippen molar-refractivity contribution in [3.63, 3.8) is 0 Å². The van der Waals surface area contributed by atoms with Crippen LogP contribution in [-0.4, -0.2) is 81.1 Å². The van der Waals surface area contributed by atoms with Gasteiger partial charge in [0, 0.05) is 33.1 Å². The lowest BCUT2D eigenvalue weighted by Gasteiger charge is -2.39. The quantitative estimate of drug-likeness (QED) is 0.182. The van der Waals surface area contributed by atoms with Gasteiger partial charge in [0.1, 0.15) is 28.2 Å². The minimum Gasteiger partial charge on any atom is -0.394 e. The number of carbonyl (C=O) groups is 1. The SMILES string of the molecule is BC(B)(B)C(B)(B)S(=O)(=O)c1ccc([C@H](CO)NC(=O)c2ccc3c(c2)cc(Cc2ccc(F)cc2C(F)(F)F)n3CCF)cc1. The number of nitrogens with one attached hydrogen (secondary N) is 1. The summed E-state index contributed by atoms with van der Waals surface area (Å²) in [5.41, 5.74) is 0.192. The van der Waals surface area contributed by atoms with Crippen molar-refractivity contribution in [2.24, 2.45) is 0 Å². The molecular formula is C29H32B5F5N2O4S. The largest absolute Gasteiger partial charge is 0.416 e. The summed E-state index contributed by atoms with van der Waals surface area (Å²) >= 11 is 0. The summed E-state index contributed by atoms with van der Waals surface area (Å²) in [7, 11) is 5.16. The highest BCUT2D eigenvalue weighted by atomic mass is 32.2. The van der Waals surface area contributed by atoms with Gasteiger partial charge < -0.3 is 15.0 Å². The fraction of sp³-hybridized carbons (Fsp3) is 0.276. The number of hydrogen-bond donors (Lipinski definition) is 2. The molecule has 1 atom stereocenters. The molecule has 0 fully saturated rings. The van der Waals surface area contributed by atoms with E-state index in [1.165, 1.54) is 41.0 Å². The normalized spacial score (nSPS) is 13.5. The van der Waals surface area contributed by atoms with Gasteiger partial charge in [-0.3, -0.25) is 4.79 Å². The Kier molecular flexibility index (Phi) is 9.99. The van der Waals surface area contributed by atoms with Crippen LogP contribution in [0.4, 0.5) is 22.0 Å². The highest BCUT2D eigenvalue weighted by molar-refractivity contribution is 7.95. The van der Waals surface area contributed by atoms with Gasteiger partial charge in [-0.15, -0.1) is 5.11 Å². The van der Waals surface area contributed by atoms with Gasteiger partial charge in [0.2, 0.25) is 0 Å². The van der Waals surface area contributed by atoms with Gasteiger partial charge in [-0.05, 0) is 59.7 Å². The third-order valence-electron chi connectivity index (χ3n) is 8.87. The Labute approximate surface area is 269 Å². The van der Waals surface area contributed by atoms with Crippen molar-refractivity contribution >= 4 is 65.9 Å². The lowest BCUT2D eigenvalue weighted by atomic mass is 9.30. The topological polar surface area (TPSA) is 88.4 Å². The zero-order chi connectivity index (χ0) is 34.2. The lowest BCUT2D eigenvalue weighted by Crippen LogP contribution is -2.52. The molecule has 0 saturated heterocycles. The second-order valence-corrected chi connectivity index (χ2v) is 15.3. The summed E-state index contributed by atoms with van der Waals surface area (Å²) < 4.78 is 95.2. The molecule has 0 aliphatic heterocycles. The first-order valence-corrected chi connectivity index (χ1v) is 16.1. The number of hydrogen-bond acceptors (Lipinski definition) is 4. The van der Waals surface area contributed by atoms with Crippen LogP contribution >= 0.6 is 0 Å². The molecule has 1 heterocycles. The summed E-state index contributed by atoms with van der Waals surface area (Å²) in [6.45, 7) is -1.41. The first-order chi connectivity index (χ1) is 21.3. The summed E-state index contributed by atoms with van der Waals surface area (Å²) in [6.07, 6.45) is -5.04. The van der Waals surface area contributed by atoms with Crippen LogP contribution in [0.3, 0.4) is 0 Å². The molecule has 238 valence electrons. The molecule has 0 aliphatic carbocycles. The zero-order valence-electron chi connectivity index (χ0n) is 26.2. The number of amides is 1. The van der Waals surface area contributed by atoms with E-state index in [0.717, 1.165) is 12.1 Å². The smallest absolute Gasteiger partial charge is 0.394 e. The molecular weight excluding hydrogens is 621 g/mol. The van der Waals surface area contributed by atoms with Crippen molar-refractivity contribution in [3.8, 4) is 0 Å². The summed E-state index contributed by atoms with van der Waals surface area (Å²) in [5.74, 6) is -1.59. The maximum atomic E-state index is 13.6. The highest BCUT2D eigenvalue weighted by Gasteiger charge is 2.44. The van der Waals surface area contributed by atoms with Crippen molar-refractivity contribution in [2.75, 3.05) is 13.3 Å². The van der Waals surface area contributed by atoms with E-state index < -0.39 is 62.3 Å². The number of nitrogens with zero attached hydrogens (tertiary/aromatic N) is 1. The van der Waals surface area contributed by atoms with E-state index in [2.05, 4.69) is 5.32 Å². The molecule has 1 aromatic heterocycles. The Morgan fingerprint density at radius 1 is 0.935 bits per heavy atom. The van der Waals surface area contributed by atoms with Gasteiger partial charge in [-0.25, -0.2) is 17.2 Å². The Hall–Kier alpha value is -3.45. The zero-order valence-corrected chi connectivity index (χ0v) is 27.0. The molecule has 0 radical (unpaired) electrons. The molecule has 0 unspecified atom stereocenters. The van der Waals surface area contributed by atoms with Crippen LogP contribution in [0, 0.1) is 5.82 Å². The van der Waals surface area contributed by atoms with E-state index in [1.54, 1.807) is 27.8 Å². The van der Waals surface area contributed by atoms with Gasteiger partial charge in [-0.1, -0.05) is 18.2 Å². The fourth-order valence-corrected chi connectivity index (χ4v) is 7.07. The van der Waals surface area contributed by atoms with Gasteiger partial charge in [-0.2, -0.15) is 13.2 Å². The predicted molar refractivity (Wildman–Crippen MR) is 181 cm³/mol. The monoisotopic (exact) mass is 654 g/mol. The second-order valence-electron chi connectivity index (χ2n) is 12.8. The number of halogens is 5. The fourth-order valence-electron chi connectivity index (χ4n) is 5.18. The average molecular weight is 654 g/mol. The van der Waals surface area contributed by atoms with Gasteiger partial charge in [0.05, 0.1) is 53.2 Å². The number of aryl methyl sites for hydroxylation is 1. The Bertz CT molecular complexity index is 1860. The number of aliphatic hydroxyl groups excluding tert-OH is 1. The van der Waals surface area contributed by atoms with Crippen LogP contribution < -0.4 is 5.32 Å². The molecule has 0 bridgehead atoms. The molecule has 4 aromatic rings. The van der Waals surface area contributed by atoms with Crippen molar-refractivity contribution in [3.05, 3.63) is 100 Å². The van der Waals surface area contributed by atoms with Gasteiger partial charge >= 0.3 is 6.18 Å². The third kappa shape index (κ3) is 6.95. The van der Waals surface area contributed by atoms with Gasteiger partial charge in [0.25, 0.3) is 5.91 Å². The van der Waals surface area contributed by atoms with Crippen LogP contribution in [0.25, 0.3) is 10.9 Å². The molecule has 2 N–H and O–H groups in total. The number of fused-ring (bicyclic) bond motifs is 1.